The highest BCUT2D eigenvalue weighted by molar-refractivity contribution is 7.09. The Balaban J connectivity index is 1.78. The third-order valence-electron chi connectivity index (χ3n) is 4.83. The van der Waals surface area contributed by atoms with Gasteiger partial charge in [0.1, 0.15) is 0 Å². The van der Waals surface area contributed by atoms with Crippen LogP contribution in [0.25, 0.3) is 0 Å². The predicted octanol–water partition coefficient (Wildman–Crippen LogP) is 4.23. The summed E-state index contributed by atoms with van der Waals surface area (Å²) in [5, 5.41) is 2.10. The topological polar surface area (TPSA) is 29.5 Å². The zero-order valence-electron chi connectivity index (χ0n) is 14.5. The molecule has 3 nitrogen and oxygen atoms in total. The molecule has 24 heavy (non-hydrogen) atoms. The molecule has 128 valence electrons. The van der Waals surface area contributed by atoms with E-state index in [9.17, 15) is 4.79 Å². The van der Waals surface area contributed by atoms with Gasteiger partial charge in [-0.05, 0) is 67.8 Å². The van der Waals surface area contributed by atoms with Crippen LogP contribution in [0.5, 0.6) is 0 Å². The molecular formula is C20H25NO2S. The first-order chi connectivity index (χ1) is 11.6. The van der Waals surface area contributed by atoms with Crippen LogP contribution in [0.15, 0.2) is 35.7 Å². The number of hydrogen-bond donors (Lipinski definition) is 0. The number of amides is 1. The molecule has 3 rings (SSSR count). The van der Waals surface area contributed by atoms with Crippen molar-refractivity contribution in [3.63, 3.8) is 0 Å². The molecule has 1 aliphatic heterocycles. The largest absolute Gasteiger partial charge is 0.381 e. The number of nitrogens with zero attached hydrogens (tertiary/aromatic N) is 1. The van der Waals surface area contributed by atoms with E-state index in [0.717, 1.165) is 44.6 Å². The Labute approximate surface area is 148 Å². The molecule has 0 bridgehead atoms. The molecule has 1 aromatic carbocycles. The second kappa shape index (κ2) is 7.95. The minimum atomic E-state index is 0.154. The Kier molecular flexibility index (Phi) is 5.69. The molecule has 4 heteroatoms. The lowest BCUT2D eigenvalue weighted by Crippen LogP contribution is -2.44. The number of hydrogen-bond acceptors (Lipinski definition) is 3. The van der Waals surface area contributed by atoms with E-state index in [-0.39, 0.29) is 11.9 Å². The maximum absolute atomic E-state index is 13.2. The van der Waals surface area contributed by atoms with Gasteiger partial charge in [0.15, 0.2) is 0 Å². The predicted molar refractivity (Wildman–Crippen MR) is 98.8 cm³/mol. The number of carbonyl (C=O) groups is 1. The van der Waals surface area contributed by atoms with Crippen molar-refractivity contribution in [2.75, 3.05) is 19.8 Å². The van der Waals surface area contributed by atoms with Gasteiger partial charge in [0.25, 0.3) is 5.91 Å². The number of thiophene rings is 1. The lowest BCUT2D eigenvalue weighted by atomic mass is 10.0. The van der Waals surface area contributed by atoms with Crippen molar-refractivity contribution < 1.29 is 9.53 Å². The number of aryl methyl sites for hydroxylation is 2. The Morgan fingerprint density at radius 1 is 1.21 bits per heavy atom. The normalized spacial score (nSPS) is 15.4. The van der Waals surface area contributed by atoms with Gasteiger partial charge in [-0.15, -0.1) is 11.3 Å². The van der Waals surface area contributed by atoms with Crippen LogP contribution >= 0.6 is 11.3 Å². The summed E-state index contributed by atoms with van der Waals surface area (Å²) in [6.45, 7) is 6.42. The summed E-state index contributed by atoms with van der Waals surface area (Å²) in [4.78, 5) is 16.6. The number of rotatable bonds is 5. The monoisotopic (exact) mass is 343 g/mol. The van der Waals surface area contributed by atoms with Crippen LogP contribution in [0, 0.1) is 13.8 Å². The molecule has 1 aliphatic rings. The fraction of sp³-hybridized carbons (Fsp3) is 0.450. The molecule has 0 atom stereocenters. The summed E-state index contributed by atoms with van der Waals surface area (Å²) in [6.07, 6.45) is 2.79. The van der Waals surface area contributed by atoms with Crippen molar-refractivity contribution in [1.29, 1.82) is 0 Å². The molecule has 1 saturated heterocycles. The van der Waals surface area contributed by atoms with E-state index in [1.165, 1.54) is 16.0 Å². The van der Waals surface area contributed by atoms with E-state index in [0.29, 0.717) is 0 Å². The molecule has 2 aromatic rings. The highest BCUT2D eigenvalue weighted by Crippen LogP contribution is 2.20. The highest BCUT2D eigenvalue weighted by Gasteiger charge is 2.26. The molecule has 0 unspecified atom stereocenters. The van der Waals surface area contributed by atoms with Gasteiger partial charge < -0.3 is 9.64 Å². The summed E-state index contributed by atoms with van der Waals surface area (Å²) >= 11 is 1.76. The summed E-state index contributed by atoms with van der Waals surface area (Å²) in [5.41, 5.74) is 3.20. The third kappa shape index (κ3) is 4.05. The SMILES string of the molecule is Cc1ccc(C(=O)N(CCc2cccs2)C2CCOCC2)cc1C. The van der Waals surface area contributed by atoms with Gasteiger partial charge in [-0.3, -0.25) is 4.79 Å². The van der Waals surface area contributed by atoms with Crippen LogP contribution in [-0.2, 0) is 11.2 Å². The second-order valence-corrected chi connectivity index (χ2v) is 7.50. The quantitative estimate of drug-likeness (QED) is 0.813. The first-order valence-corrected chi connectivity index (χ1v) is 9.51. The molecule has 0 aliphatic carbocycles. The summed E-state index contributed by atoms with van der Waals surface area (Å²) in [7, 11) is 0. The Morgan fingerprint density at radius 3 is 2.67 bits per heavy atom. The number of benzene rings is 1. The fourth-order valence-corrected chi connectivity index (χ4v) is 3.87. The van der Waals surface area contributed by atoms with Crippen LogP contribution in [0.4, 0.5) is 0 Å². The lowest BCUT2D eigenvalue weighted by Gasteiger charge is -2.34. The van der Waals surface area contributed by atoms with Crippen molar-refractivity contribution in [3.8, 4) is 0 Å². The molecule has 0 spiro atoms. The maximum atomic E-state index is 13.2. The maximum Gasteiger partial charge on any atom is 0.254 e. The summed E-state index contributed by atoms with van der Waals surface area (Å²) in [6, 6.07) is 10.5. The van der Waals surface area contributed by atoms with Crippen LogP contribution < -0.4 is 0 Å². The molecule has 1 fully saturated rings. The Morgan fingerprint density at radius 2 is 2.00 bits per heavy atom. The van der Waals surface area contributed by atoms with Crippen molar-refractivity contribution in [2.24, 2.45) is 0 Å². The van der Waals surface area contributed by atoms with Crippen LogP contribution in [-0.4, -0.2) is 36.6 Å². The van der Waals surface area contributed by atoms with Gasteiger partial charge in [0.2, 0.25) is 0 Å². The lowest BCUT2D eigenvalue weighted by molar-refractivity contribution is 0.0294. The van der Waals surface area contributed by atoms with Gasteiger partial charge >= 0.3 is 0 Å². The summed E-state index contributed by atoms with van der Waals surface area (Å²) in [5.74, 6) is 0.154. The van der Waals surface area contributed by atoms with Crippen LogP contribution in [0.1, 0.15) is 39.2 Å². The van der Waals surface area contributed by atoms with E-state index in [1.807, 2.05) is 18.2 Å². The van der Waals surface area contributed by atoms with E-state index < -0.39 is 0 Å². The average Bonchev–Trinajstić information content (AvgIpc) is 3.12. The molecule has 0 saturated carbocycles. The molecular weight excluding hydrogens is 318 g/mol. The van der Waals surface area contributed by atoms with Crippen molar-refractivity contribution in [2.45, 2.75) is 39.2 Å². The van der Waals surface area contributed by atoms with E-state index in [1.54, 1.807) is 11.3 Å². The third-order valence-corrected chi connectivity index (χ3v) is 5.76. The van der Waals surface area contributed by atoms with E-state index >= 15 is 0 Å². The molecule has 2 heterocycles. The van der Waals surface area contributed by atoms with Crippen molar-refractivity contribution in [1.82, 2.24) is 4.90 Å². The zero-order valence-corrected chi connectivity index (χ0v) is 15.3. The van der Waals surface area contributed by atoms with E-state index in [4.69, 9.17) is 4.74 Å². The minimum Gasteiger partial charge on any atom is -0.381 e. The van der Waals surface area contributed by atoms with Gasteiger partial charge in [-0.2, -0.15) is 0 Å². The standard InChI is InChI=1S/C20H25NO2S/c1-15-5-6-17(14-16(15)2)20(22)21(18-8-11-23-12-9-18)10-7-19-4-3-13-24-19/h3-6,13-14,18H,7-12H2,1-2H3. The highest BCUT2D eigenvalue weighted by atomic mass is 32.1. The fourth-order valence-electron chi connectivity index (χ4n) is 3.17. The first kappa shape index (κ1) is 17.2. The molecule has 1 amide bonds. The number of carbonyl (C=O) groups excluding carboxylic acids is 1. The number of ether oxygens (including phenoxy) is 1. The zero-order chi connectivity index (χ0) is 16.9. The molecule has 0 N–H and O–H groups in total. The Hall–Kier alpha value is -1.65. The van der Waals surface area contributed by atoms with Gasteiger partial charge in [-0.25, -0.2) is 0 Å². The van der Waals surface area contributed by atoms with Gasteiger partial charge in [-0.1, -0.05) is 12.1 Å². The van der Waals surface area contributed by atoms with Gasteiger partial charge in [0.05, 0.1) is 0 Å². The minimum absolute atomic E-state index is 0.154. The average molecular weight is 343 g/mol. The summed E-state index contributed by atoms with van der Waals surface area (Å²) < 4.78 is 5.48. The van der Waals surface area contributed by atoms with Crippen molar-refractivity contribution in [3.05, 3.63) is 57.3 Å². The first-order valence-electron chi connectivity index (χ1n) is 8.63. The van der Waals surface area contributed by atoms with Crippen LogP contribution in [0.3, 0.4) is 0 Å². The van der Waals surface area contributed by atoms with Gasteiger partial charge in [0, 0.05) is 36.2 Å². The smallest absolute Gasteiger partial charge is 0.254 e. The van der Waals surface area contributed by atoms with E-state index in [2.05, 4.69) is 36.3 Å². The van der Waals surface area contributed by atoms with Crippen LogP contribution in [0.2, 0.25) is 0 Å². The molecule has 1 aromatic heterocycles. The second-order valence-electron chi connectivity index (χ2n) is 6.47. The Bertz CT molecular complexity index is 675. The molecule has 0 radical (unpaired) electrons. The van der Waals surface area contributed by atoms with Crippen molar-refractivity contribution >= 4 is 17.2 Å².